The lowest BCUT2D eigenvalue weighted by atomic mass is 10.2. The van der Waals surface area contributed by atoms with Crippen molar-refractivity contribution < 1.29 is 4.79 Å². The maximum Gasteiger partial charge on any atom is 0.207 e. The molecular weight excluding hydrogens is 170 g/mol. The molecule has 0 aromatic carbocycles. The van der Waals surface area contributed by atoms with Gasteiger partial charge in [-0.05, 0) is 26.0 Å². The lowest BCUT2D eigenvalue weighted by Gasteiger charge is -2.06. The summed E-state index contributed by atoms with van der Waals surface area (Å²) in [5.74, 6) is 0. The molecule has 12 heavy (non-hydrogen) atoms. The fourth-order valence-electron chi connectivity index (χ4n) is 1.07. The van der Waals surface area contributed by atoms with Crippen LogP contribution in [0.25, 0.3) is 0 Å². The molecule has 1 aromatic rings. The van der Waals surface area contributed by atoms with Gasteiger partial charge in [0.05, 0.1) is 0 Å². The van der Waals surface area contributed by atoms with Crippen LogP contribution in [0.4, 0.5) is 0 Å². The van der Waals surface area contributed by atoms with Crippen molar-refractivity contribution >= 4 is 17.7 Å². The first-order chi connectivity index (χ1) is 5.72. The Bertz CT molecular complexity index is 257. The summed E-state index contributed by atoms with van der Waals surface area (Å²) in [4.78, 5) is 12.8. The second kappa shape index (κ2) is 4.26. The molecule has 1 aromatic heterocycles. The first-order valence-corrected chi connectivity index (χ1v) is 4.79. The zero-order valence-corrected chi connectivity index (χ0v) is 8.15. The monoisotopic (exact) mass is 183 g/mol. The van der Waals surface area contributed by atoms with Gasteiger partial charge in [-0.25, -0.2) is 0 Å². The van der Waals surface area contributed by atoms with Gasteiger partial charge in [0.15, 0.2) is 0 Å². The maximum absolute atomic E-state index is 10.1. The van der Waals surface area contributed by atoms with Crippen LogP contribution in [0.5, 0.6) is 0 Å². The van der Waals surface area contributed by atoms with E-state index in [4.69, 9.17) is 0 Å². The van der Waals surface area contributed by atoms with Gasteiger partial charge in [-0.2, -0.15) is 0 Å². The molecule has 1 unspecified atom stereocenters. The third kappa shape index (κ3) is 2.66. The number of nitrogens with one attached hydrogen (secondary N) is 1. The van der Waals surface area contributed by atoms with Crippen molar-refractivity contribution in [3.8, 4) is 0 Å². The van der Waals surface area contributed by atoms with E-state index in [0.717, 1.165) is 12.8 Å². The molecule has 2 nitrogen and oxygen atoms in total. The summed E-state index contributed by atoms with van der Waals surface area (Å²) < 4.78 is 0. The number of hydrogen-bond donors (Lipinski definition) is 1. The van der Waals surface area contributed by atoms with E-state index in [9.17, 15) is 4.79 Å². The molecule has 3 heteroatoms. The van der Waals surface area contributed by atoms with Crippen LogP contribution in [-0.4, -0.2) is 12.5 Å². The predicted octanol–water partition coefficient (Wildman–Crippen LogP) is 1.73. The van der Waals surface area contributed by atoms with Crippen molar-refractivity contribution in [3.05, 3.63) is 21.9 Å². The van der Waals surface area contributed by atoms with Crippen molar-refractivity contribution in [2.24, 2.45) is 0 Å². The fraction of sp³-hybridized carbons (Fsp3) is 0.444. The van der Waals surface area contributed by atoms with E-state index in [1.165, 1.54) is 9.75 Å². The summed E-state index contributed by atoms with van der Waals surface area (Å²) in [7, 11) is 0. The van der Waals surface area contributed by atoms with Crippen LogP contribution in [-0.2, 0) is 11.2 Å². The molecule has 1 N–H and O–H groups in total. The van der Waals surface area contributed by atoms with Crippen LogP contribution < -0.4 is 5.32 Å². The number of thiophene rings is 1. The normalized spacial score (nSPS) is 12.5. The molecular formula is C9H13NOS. The van der Waals surface area contributed by atoms with Gasteiger partial charge in [0.25, 0.3) is 0 Å². The molecule has 0 aliphatic carbocycles. The molecule has 1 atom stereocenters. The van der Waals surface area contributed by atoms with Crippen LogP contribution in [0.2, 0.25) is 0 Å². The molecule has 1 heterocycles. The smallest absolute Gasteiger partial charge is 0.207 e. The Morgan fingerprint density at radius 1 is 1.67 bits per heavy atom. The fourth-order valence-corrected chi connectivity index (χ4v) is 2.09. The number of rotatable bonds is 4. The highest BCUT2D eigenvalue weighted by atomic mass is 32.1. The van der Waals surface area contributed by atoms with Gasteiger partial charge in [0.1, 0.15) is 0 Å². The van der Waals surface area contributed by atoms with Gasteiger partial charge in [-0.3, -0.25) is 4.79 Å². The molecule has 0 radical (unpaired) electrons. The van der Waals surface area contributed by atoms with Crippen LogP contribution in [0.1, 0.15) is 16.7 Å². The van der Waals surface area contributed by atoms with E-state index in [-0.39, 0.29) is 6.04 Å². The topological polar surface area (TPSA) is 29.1 Å². The Morgan fingerprint density at radius 3 is 2.92 bits per heavy atom. The number of hydrogen-bond acceptors (Lipinski definition) is 2. The molecule has 1 amide bonds. The van der Waals surface area contributed by atoms with Crippen molar-refractivity contribution in [1.29, 1.82) is 0 Å². The Balaban J connectivity index is 2.46. The molecule has 0 aliphatic rings. The van der Waals surface area contributed by atoms with Crippen LogP contribution in [0, 0.1) is 6.92 Å². The van der Waals surface area contributed by atoms with Gasteiger partial charge in [0.2, 0.25) is 6.41 Å². The molecule has 0 spiro atoms. The van der Waals surface area contributed by atoms with Crippen LogP contribution >= 0.6 is 11.3 Å². The van der Waals surface area contributed by atoms with Crippen molar-refractivity contribution in [2.45, 2.75) is 26.3 Å². The van der Waals surface area contributed by atoms with Crippen LogP contribution in [0.3, 0.4) is 0 Å². The quantitative estimate of drug-likeness (QED) is 0.708. The average molecular weight is 183 g/mol. The SMILES string of the molecule is Cc1ccc(CC(C)NC=O)s1. The summed E-state index contributed by atoms with van der Waals surface area (Å²) in [5, 5.41) is 2.73. The molecule has 0 bridgehead atoms. The third-order valence-electron chi connectivity index (χ3n) is 1.66. The molecule has 1 rings (SSSR count). The minimum atomic E-state index is 0.237. The zero-order chi connectivity index (χ0) is 8.97. The third-order valence-corrected chi connectivity index (χ3v) is 2.68. The van der Waals surface area contributed by atoms with Gasteiger partial charge < -0.3 is 5.32 Å². The zero-order valence-electron chi connectivity index (χ0n) is 7.33. The number of amides is 1. The van der Waals surface area contributed by atoms with E-state index in [2.05, 4.69) is 24.4 Å². The highest BCUT2D eigenvalue weighted by Gasteiger charge is 2.02. The predicted molar refractivity (Wildman–Crippen MR) is 51.4 cm³/mol. The van der Waals surface area contributed by atoms with E-state index in [1.54, 1.807) is 11.3 Å². The summed E-state index contributed by atoms with van der Waals surface area (Å²) in [6.45, 7) is 4.09. The number of aryl methyl sites for hydroxylation is 1. The molecule has 0 saturated heterocycles. The van der Waals surface area contributed by atoms with Crippen molar-refractivity contribution in [1.82, 2.24) is 5.32 Å². The van der Waals surface area contributed by atoms with E-state index in [0.29, 0.717) is 0 Å². The number of carbonyl (C=O) groups excluding carboxylic acids is 1. The average Bonchev–Trinajstić information content (AvgIpc) is 2.36. The van der Waals surface area contributed by atoms with Gasteiger partial charge in [-0.15, -0.1) is 11.3 Å². The van der Waals surface area contributed by atoms with Crippen molar-refractivity contribution in [3.63, 3.8) is 0 Å². The Labute approximate surface area is 76.6 Å². The molecule has 0 aliphatic heterocycles. The van der Waals surface area contributed by atoms with Gasteiger partial charge in [0, 0.05) is 22.2 Å². The maximum atomic E-state index is 10.1. The van der Waals surface area contributed by atoms with Crippen LogP contribution in [0.15, 0.2) is 12.1 Å². The van der Waals surface area contributed by atoms with E-state index < -0.39 is 0 Å². The summed E-state index contributed by atoms with van der Waals surface area (Å²) in [5.41, 5.74) is 0. The minimum Gasteiger partial charge on any atom is -0.356 e. The largest absolute Gasteiger partial charge is 0.356 e. The van der Waals surface area contributed by atoms with Crippen molar-refractivity contribution in [2.75, 3.05) is 0 Å². The second-order valence-corrected chi connectivity index (χ2v) is 4.27. The second-order valence-electron chi connectivity index (χ2n) is 2.90. The first kappa shape index (κ1) is 9.26. The van der Waals surface area contributed by atoms with Gasteiger partial charge >= 0.3 is 0 Å². The highest BCUT2D eigenvalue weighted by Crippen LogP contribution is 2.16. The van der Waals surface area contributed by atoms with Gasteiger partial charge in [-0.1, -0.05) is 0 Å². The van der Waals surface area contributed by atoms with E-state index >= 15 is 0 Å². The Kier molecular flexibility index (Phi) is 3.29. The van der Waals surface area contributed by atoms with E-state index in [1.807, 2.05) is 6.92 Å². The lowest BCUT2D eigenvalue weighted by Crippen LogP contribution is -2.25. The summed E-state index contributed by atoms with van der Waals surface area (Å²) in [6.07, 6.45) is 1.68. The standard InChI is InChI=1S/C9H13NOS/c1-7(10-6-11)5-9-4-3-8(2)12-9/h3-4,6-7H,5H2,1-2H3,(H,10,11). The summed E-state index contributed by atoms with van der Waals surface area (Å²) in [6, 6.07) is 4.46. The molecule has 0 fully saturated rings. The Hall–Kier alpha value is -0.830. The summed E-state index contributed by atoms with van der Waals surface area (Å²) >= 11 is 1.79. The number of carbonyl (C=O) groups is 1. The molecule has 66 valence electrons. The Morgan fingerprint density at radius 2 is 2.42 bits per heavy atom. The highest BCUT2D eigenvalue weighted by molar-refractivity contribution is 7.11. The first-order valence-electron chi connectivity index (χ1n) is 3.97. The molecule has 0 saturated carbocycles. The lowest BCUT2D eigenvalue weighted by molar-refractivity contribution is -0.110. The minimum absolute atomic E-state index is 0.237.